The summed E-state index contributed by atoms with van der Waals surface area (Å²) in [6.07, 6.45) is 5.77. The van der Waals surface area contributed by atoms with Crippen LogP contribution >= 0.6 is 11.3 Å². The van der Waals surface area contributed by atoms with Crippen LogP contribution in [0.1, 0.15) is 25.7 Å². The largest absolute Gasteiger partial charge is 0.396 e. The van der Waals surface area contributed by atoms with Gasteiger partial charge in [0.05, 0.1) is 15.8 Å². The smallest absolute Gasteiger partial charge is 0.224 e. The van der Waals surface area contributed by atoms with E-state index in [2.05, 4.69) is 21.7 Å². The molecule has 0 radical (unpaired) electrons. The summed E-state index contributed by atoms with van der Waals surface area (Å²) in [7, 11) is 1.70. The van der Waals surface area contributed by atoms with E-state index in [-0.39, 0.29) is 6.61 Å². The minimum absolute atomic E-state index is 0.249. The summed E-state index contributed by atoms with van der Waals surface area (Å²) in [5, 5.41) is 17.2. The molecule has 0 aliphatic heterocycles. The number of anilines is 2. The maximum Gasteiger partial charge on any atom is 0.224 e. The number of hydrogen-bond donors (Lipinski definition) is 3. The van der Waals surface area contributed by atoms with Gasteiger partial charge in [0.1, 0.15) is 10.8 Å². The standard InChI is InChI=1S/C21H27N5O2S/c1-28-10-4-9-22-21-23-12-16(20-25-17-5-2-3-6-18(17)29-20)19(26-21)24-15-8-7-14(11-15)13-27/h2-3,5-6,12,14-15,27H,4,7-11,13H2,1H3,(H2,22,23,24,26). The minimum atomic E-state index is 0.249. The highest BCUT2D eigenvalue weighted by molar-refractivity contribution is 7.21. The van der Waals surface area contributed by atoms with Crippen molar-refractivity contribution in [3.05, 3.63) is 30.5 Å². The van der Waals surface area contributed by atoms with Crippen LogP contribution in [0.15, 0.2) is 30.5 Å². The first kappa shape index (κ1) is 20.0. The van der Waals surface area contributed by atoms with E-state index in [9.17, 15) is 5.11 Å². The maximum absolute atomic E-state index is 9.47. The van der Waals surface area contributed by atoms with Gasteiger partial charge in [-0.25, -0.2) is 9.97 Å². The third-order valence-corrected chi connectivity index (χ3v) is 6.33. The number of aliphatic hydroxyl groups is 1. The molecular weight excluding hydrogens is 386 g/mol. The lowest BCUT2D eigenvalue weighted by molar-refractivity contribution is 0.197. The molecule has 1 fully saturated rings. The zero-order chi connectivity index (χ0) is 20.1. The first-order valence-corrected chi connectivity index (χ1v) is 10.9. The highest BCUT2D eigenvalue weighted by Crippen LogP contribution is 2.35. The molecule has 0 saturated heterocycles. The molecule has 8 heteroatoms. The zero-order valence-corrected chi connectivity index (χ0v) is 17.4. The summed E-state index contributed by atoms with van der Waals surface area (Å²) >= 11 is 1.65. The molecule has 2 atom stereocenters. The van der Waals surface area contributed by atoms with Gasteiger partial charge in [-0.05, 0) is 43.7 Å². The van der Waals surface area contributed by atoms with Crippen molar-refractivity contribution in [3.8, 4) is 10.6 Å². The summed E-state index contributed by atoms with van der Waals surface area (Å²) in [5.74, 6) is 1.77. The molecule has 1 saturated carbocycles. The van der Waals surface area contributed by atoms with Crippen molar-refractivity contribution in [2.24, 2.45) is 5.92 Å². The average Bonchev–Trinajstić information content (AvgIpc) is 3.38. The SMILES string of the molecule is COCCCNc1ncc(-c2nc3ccccc3s2)c(NC2CCC(CO)C2)n1. The van der Waals surface area contributed by atoms with Crippen LogP contribution in [0, 0.1) is 5.92 Å². The van der Waals surface area contributed by atoms with Crippen molar-refractivity contribution in [1.29, 1.82) is 0 Å². The Hall–Kier alpha value is -2.29. The van der Waals surface area contributed by atoms with Gasteiger partial charge in [-0.1, -0.05) is 12.1 Å². The summed E-state index contributed by atoms with van der Waals surface area (Å²) in [6, 6.07) is 8.44. The van der Waals surface area contributed by atoms with E-state index in [0.29, 0.717) is 24.5 Å². The molecular formula is C21H27N5O2S. The second kappa shape index (κ2) is 9.47. The van der Waals surface area contributed by atoms with Crippen molar-refractivity contribution in [2.45, 2.75) is 31.7 Å². The number of methoxy groups -OCH3 is 1. The Labute approximate surface area is 174 Å². The number of thiazole rings is 1. The first-order chi connectivity index (χ1) is 14.3. The van der Waals surface area contributed by atoms with Crippen LogP contribution in [-0.4, -0.2) is 53.0 Å². The van der Waals surface area contributed by atoms with Crippen LogP contribution in [0.25, 0.3) is 20.8 Å². The molecule has 3 aromatic rings. The molecule has 3 N–H and O–H groups in total. The van der Waals surface area contributed by atoms with Crippen LogP contribution in [0.5, 0.6) is 0 Å². The normalized spacial score (nSPS) is 19.0. The molecule has 1 aliphatic rings. The van der Waals surface area contributed by atoms with E-state index in [0.717, 1.165) is 58.8 Å². The van der Waals surface area contributed by atoms with Gasteiger partial charge in [0.15, 0.2) is 0 Å². The summed E-state index contributed by atoms with van der Waals surface area (Å²) < 4.78 is 6.25. The molecule has 0 amide bonds. The molecule has 154 valence electrons. The molecule has 2 heterocycles. The Bertz CT molecular complexity index is 915. The van der Waals surface area contributed by atoms with Crippen LogP contribution in [0.2, 0.25) is 0 Å². The fourth-order valence-corrected chi connectivity index (χ4v) is 4.68. The number of nitrogens with one attached hydrogen (secondary N) is 2. The Kier molecular flexibility index (Phi) is 6.53. The number of benzene rings is 1. The predicted octanol–water partition coefficient (Wildman–Crippen LogP) is 3.77. The van der Waals surface area contributed by atoms with Crippen molar-refractivity contribution >= 4 is 33.3 Å². The fourth-order valence-electron chi connectivity index (χ4n) is 3.70. The van der Waals surface area contributed by atoms with Gasteiger partial charge in [-0.15, -0.1) is 11.3 Å². The molecule has 2 unspecified atom stereocenters. The third kappa shape index (κ3) is 4.83. The summed E-state index contributed by atoms with van der Waals surface area (Å²) in [5.41, 5.74) is 1.91. The molecule has 2 aromatic heterocycles. The number of aliphatic hydroxyl groups excluding tert-OH is 1. The Morgan fingerprint density at radius 2 is 2.14 bits per heavy atom. The number of nitrogens with zero attached hydrogens (tertiary/aromatic N) is 3. The topological polar surface area (TPSA) is 92.2 Å². The second-order valence-corrected chi connectivity index (χ2v) is 8.45. The van der Waals surface area contributed by atoms with Crippen LogP contribution < -0.4 is 10.6 Å². The van der Waals surface area contributed by atoms with Gasteiger partial charge in [-0.3, -0.25) is 0 Å². The monoisotopic (exact) mass is 413 g/mol. The molecule has 7 nitrogen and oxygen atoms in total. The Morgan fingerprint density at radius 1 is 1.24 bits per heavy atom. The van der Waals surface area contributed by atoms with Gasteiger partial charge in [0.25, 0.3) is 0 Å². The summed E-state index contributed by atoms with van der Waals surface area (Å²) in [6.45, 7) is 1.70. The Morgan fingerprint density at radius 3 is 2.93 bits per heavy atom. The molecule has 29 heavy (non-hydrogen) atoms. The lowest BCUT2D eigenvalue weighted by atomic mass is 10.1. The van der Waals surface area contributed by atoms with E-state index in [1.54, 1.807) is 18.4 Å². The van der Waals surface area contributed by atoms with Crippen LogP contribution in [0.4, 0.5) is 11.8 Å². The van der Waals surface area contributed by atoms with E-state index in [1.807, 2.05) is 24.4 Å². The summed E-state index contributed by atoms with van der Waals surface area (Å²) in [4.78, 5) is 14.1. The van der Waals surface area contributed by atoms with Crippen LogP contribution in [0.3, 0.4) is 0 Å². The van der Waals surface area contributed by atoms with Gasteiger partial charge in [0.2, 0.25) is 5.95 Å². The number of hydrogen-bond acceptors (Lipinski definition) is 8. The number of ether oxygens (including phenoxy) is 1. The van der Waals surface area contributed by atoms with E-state index >= 15 is 0 Å². The second-order valence-electron chi connectivity index (χ2n) is 7.42. The van der Waals surface area contributed by atoms with Gasteiger partial charge < -0.3 is 20.5 Å². The first-order valence-electron chi connectivity index (χ1n) is 10.1. The van der Waals surface area contributed by atoms with E-state index < -0.39 is 0 Å². The highest BCUT2D eigenvalue weighted by Gasteiger charge is 2.25. The van der Waals surface area contributed by atoms with Gasteiger partial charge in [-0.2, -0.15) is 4.98 Å². The zero-order valence-electron chi connectivity index (χ0n) is 16.6. The Balaban J connectivity index is 1.60. The number of rotatable bonds is 9. The number of fused-ring (bicyclic) bond motifs is 1. The highest BCUT2D eigenvalue weighted by atomic mass is 32.1. The average molecular weight is 414 g/mol. The quantitative estimate of drug-likeness (QED) is 0.460. The third-order valence-electron chi connectivity index (χ3n) is 5.26. The van der Waals surface area contributed by atoms with Gasteiger partial charge in [0, 0.05) is 39.1 Å². The molecule has 4 rings (SSSR count). The molecule has 0 bridgehead atoms. The number of para-hydroxylation sites is 1. The van der Waals surface area contributed by atoms with E-state index in [1.165, 1.54) is 0 Å². The van der Waals surface area contributed by atoms with Gasteiger partial charge >= 0.3 is 0 Å². The lowest BCUT2D eigenvalue weighted by Crippen LogP contribution is -2.19. The van der Waals surface area contributed by atoms with Crippen molar-refractivity contribution in [3.63, 3.8) is 0 Å². The molecule has 0 spiro atoms. The van der Waals surface area contributed by atoms with Crippen molar-refractivity contribution < 1.29 is 9.84 Å². The lowest BCUT2D eigenvalue weighted by Gasteiger charge is -2.17. The maximum atomic E-state index is 9.47. The molecule has 1 aliphatic carbocycles. The molecule has 1 aromatic carbocycles. The van der Waals surface area contributed by atoms with E-state index in [4.69, 9.17) is 14.7 Å². The minimum Gasteiger partial charge on any atom is -0.396 e. The van der Waals surface area contributed by atoms with Crippen LogP contribution in [-0.2, 0) is 4.74 Å². The van der Waals surface area contributed by atoms with Crippen molar-refractivity contribution in [1.82, 2.24) is 15.0 Å². The fraction of sp³-hybridized carbons (Fsp3) is 0.476. The van der Waals surface area contributed by atoms with Crippen molar-refractivity contribution in [2.75, 3.05) is 37.5 Å². The predicted molar refractivity (Wildman–Crippen MR) is 117 cm³/mol. The number of aromatic nitrogens is 3.